The Hall–Kier alpha value is -1.53. The minimum atomic E-state index is -0.572. The van der Waals surface area contributed by atoms with Gasteiger partial charge in [-0.3, -0.25) is 4.79 Å². The summed E-state index contributed by atoms with van der Waals surface area (Å²) in [6.45, 7) is 4.10. The average Bonchev–Trinajstić information content (AvgIpc) is 3.00. The van der Waals surface area contributed by atoms with Crippen LogP contribution in [0.1, 0.15) is 22.7 Å². The highest BCUT2D eigenvalue weighted by molar-refractivity contribution is 5.92. The van der Waals surface area contributed by atoms with Crippen molar-refractivity contribution in [2.24, 2.45) is 0 Å². The number of ether oxygens (including phenoxy) is 2. The lowest BCUT2D eigenvalue weighted by molar-refractivity contribution is -0.143. The van der Waals surface area contributed by atoms with Crippen LogP contribution < -0.4 is 0 Å². The summed E-state index contributed by atoms with van der Waals surface area (Å²) in [5, 5.41) is 0. The minimum Gasteiger partial charge on any atom is -0.346 e. The van der Waals surface area contributed by atoms with Gasteiger partial charge in [0.15, 0.2) is 5.79 Å². The SMILES string of the molecule is Cc1nccc(C(=O)N2CCC3(C2)OCCO3)n1. The first-order valence-corrected chi connectivity index (χ1v) is 6.05. The average molecular weight is 249 g/mol. The van der Waals surface area contributed by atoms with Crippen molar-refractivity contribution in [2.75, 3.05) is 26.3 Å². The molecular weight excluding hydrogens is 234 g/mol. The van der Waals surface area contributed by atoms with Gasteiger partial charge in [-0.05, 0) is 13.0 Å². The molecule has 2 fully saturated rings. The number of aryl methyl sites for hydroxylation is 1. The Morgan fingerprint density at radius 2 is 2.22 bits per heavy atom. The van der Waals surface area contributed by atoms with Crippen molar-refractivity contribution in [1.82, 2.24) is 14.9 Å². The smallest absolute Gasteiger partial charge is 0.272 e. The summed E-state index contributed by atoms with van der Waals surface area (Å²) < 4.78 is 11.2. The highest BCUT2D eigenvalue weighted by Crippen LogP contribution is 2.30. The molecule has 3 heterocycles. The number of carbonyl (C=O) groups excluding carboxylic acids is 1. The van der Waals surface area contributed by atoms with Crippen molar-refractivity contribution < 1.29 is 14.3 Å². The molecule has 0 aliphatic carbocycles. The molecule has 0 N–H and O–H groups in total. The van der Waals surface area contributed by atoms with Gasteiger partial charge < -0.3 is 14.4 Å². The summed E-state index contributed by atoms with van der Waals surface area (Å²) in [5.41, 5.74) is 0.428. The largest absolute Gasteiger partial charge is 0.346 e. The number of rotatable bonds is 1. The van der Waals surface area contributed by atoms with E-state index >= 15 is 0 Å². The summed E-state index contributed by atoms with van der Waals surface area (Å²) in [6, 6.07) is 1.64. The van der Waals surface area contributed by atoms with E-state index in [9.17, 15) is 4.79 Å². The molecule has 6 heteroatoms. The Balaban J connectivity index is 1.74. The quantitative estimate of drug-likeness (QED) is 0.719. The van der Waals surface area contributed by atoms with Crippen LogP contribution in [0.4, 0.5) is 0 Å². The summed E-state index contributed by atoms with van der Waals surface area (Å²) >= 11 is 0. The predicted molar refractivity (Wildman–Crippen MR) is 61.9 cm³/mol. The molecule has 1 spiro atoms. The van der Waals surface area contributed by atoms with Crippen molar-refractivity contribution in [3.63, 3.8) is 0 Å². The Bertz CT molecular complexity index is 471. The molecule has 1 aromatic rings. The number of hydrogen-bond donors (Lipinski definition) is 0. The van der Waals surface area contributed by atoms with Crippen LogP contribution >= 0.6 is 0 Å². The maximum absolute atomic E-state index is 12.3. The molecule has 1 aromatic heterocycles. The normalized spacial score (nSPS) is 21.7. The van der Waals surface area contributed by atoms with E-state index in [0.717, 1.165) is 6.42 Å². The fraction of sp³-hybridized carbons (Fsp3) is 0.583. The number of likely N-dealkylation sites (tertiary alicyclic amines) is 1. The Morgan fingerprint density at radius 3 is 2.94 bits per heavy atom. The van der Waals surface area contributed by atoms with Crippen LogP contribution in [0.25, 0.3) is 0 Å². The molecule has 18 heavy (non-hydrogen) atoms. The van der Waals surface area contributed by atoms with Gasteiger partial charge in [0.25, 0.3) is 5.91 Å². The predicted octanol–water partition coefficient (Wildman–Crippen LogP) is 0.374. The summed E-state index contributed by atoms with van der Waals surface area (Å²) in [4.78, 5) is 22.1. The summed E-state index contributed by atoms with van der Waals surface area (Å²) in [7, 11) is 0. The lowest BCUT2D eigenvalue weighted by Gasteiger charge is -2.22. The van der Waals surface area contributed by atoms with Gasteiger partial charge in [0.1, 0.15) is 11.5 Å². The van der Waals surface area contributed by atoms with Gasteiger partial charge in [0.2, 0.25) is 0 Å². The third-order valence-electron chi connectivity index (χ3n) is 3.29. The molecule has 96 valence electrons. The molecule has 6 nitrogen and oxygen atoms in total. The number of carbonyl (C=O) groups is 1. The molecule has 2 aliphatic heterocycles. The molecule has 1 amide bonds. The number of nitrogens with zero attached hydrogens (tertiary/aromatic N) is 3. The minimum absolute atomic E-state index is 0.0866. The molecule has 0 aromatic carbocycles. The van der Waals surface area contributed by atoms with E-state index in [1.165, 1.54) is 0 Å². The van der Waals surface area contributed by atoms with Crippen LogP contribution in [-0.2, 0) is 9.47 Å². The highest BCUT2D eigenvalue weighted by atomic mass is 16.7. The summed E-state index contributed by atoms with van der Waals surface area (Å²) in [6.07, 6.45) is 2.33. The Kier molecular flexibility index (Phi) is 2.76. The lowest BCUT2D eigenvalue weighted by atomic mass is 10.2. The first-order valence-electron chi connectivity index (χ1n) is 6.05. The van der Waals surface area contributed by atoms with E-state index in [4.69, 9.17) is 9.47 Å². The van der Waals surface area contributed by atoms with Gasteiger partial charge >= 0.3 is 0 Å². The zero-order valence-electron chi connectivity index (χ0n) is 10.3. The van der Waals surface area contributed by atoms with Gasteiger partial charge in [0, 0.05) is 19.2 Å². The fourth-order valence-corrected chi connectivity index (χ4v) is 2.40. The second-order valence-electron chi connectivity index (χ2n) is 4.57. The molecule has 0 radical (unpaired) electrons. The molecular formula is C12H15N3O3. The van der Waals surface area contributed by atoms with E-state index in [1.807, 2.05) is 0 Å². The van der Waals surface area contributed by atoms with Gasteiger partial charge in [0.05, 0.1) is 19.8 Å². The molecule has 2 aliphatic rings. The lowest BCUT2D eigenvalue weighted by Crippen LogP contribution is -2.37. The first kappa shape index (κ1) is 11.6. The van der Waals surface area contributed by atoms with E-state index in [-0.39, 0.29) is 5.91 Å². The van der Waals surface area contributed by atoms with Crippen LogP contribution in [0.2, 0.25) is 0 Å². The number of aromatic nitrogens is 2. The van der Waals surface area contributed by atoms with E-state index in [2.05, 4.69) is 9.97 Å². The van der Waals surface area contributed by atoms with Crippen LogP contribution in [0.3, 0.4) is 0 Å². The monoisotopic (exact) mass is 249 g/mol. The maximum Gasteiger partial charge on any atom is 0.272 e. The molecule has 0 atom stereocenters. The zero-order chi connectivity index (χ0) is 12.6. The molecule has 3 rings (SSSR count). The van der Waals surface area contributed by atoms with Crippen molar-refractivity contribution in [3.05, 3.63) is 23.8 Å². The standard InChI is InChI=1S/C12H15N3O3/c1-9-13-4-2-10(14-9)11(16)15-5-3-12(8-15)17-6-7-18-12/h2,4H,3,5-8H2,1H3. The van der Waals surface area contributed by atoms with Crippen LogP contribution in [0.15, 0.2) is 12.3 Å². The van der Waals surface area contributed by atoms with Crippen molar-refractivity contribution in [2.45, 2.75) is 19.1 Å². The molecule has 0 unspecified atom stereocenters. The highest BCUT2D eigenvalue weighted by Gasteiger charge is 2.45. The van der Waals surface area contributed by atoms with E-state index in [0.29, 0.717) is 37.8 Å². The third-order valence-corrected chi connectivity index (χ3v) is 3.29. The van der Waals surface area contributed by atoms with Crippen molar-refractivity contribution in [3.8, 4) is 0 Å². The number of hydrogen-bond acceptors (Lipinski definition) is 5. The number of amides is 1. The van der Waals surface area contributed by atoms with Crippen LogP contribution in [0, 0.1) is 6.92 Å². The fourth-order valence-electron chi connectivity index (χ4n) is 2.40. The van der Waals surface area contributed by atoms with E-state index < -0.39 is 5.79 Å². The second kappa shape index (κ2) is 4.29. The van der Waals surface area contributed by atoms with Crippen LogP contribution in [0.5, 0.6) is 0 Å². The van der Waals surface area contributed by atoms with Crippen molar-refractivity contribution >= 4 is 5.91 Å². The molecule has 0 bridgehead atoms. The Morgan fingerprint density at radius 1 is 1.44 bits per heavy atom. The van der Waals surface area contributed by atoms with Gasteiger partial charge in [-0.15, -0.1) is 0 Å². The molecule has 2 saturated heterocycles. The van der Waals surface area contributed by atoms with E-state index in [1.54, 1.807) is 24.1 Å². The Labute approximate surface area is 105 Å². The third kappa shape index (κ3) is 1.97. The van der Waals surface area contributed by atoms with Crippen LogP contribution in [-0.4, -0.2) is 52.9 Å². The zero-order valence-corrected chi connectivity index (χ0v) is 10.3. The van der Waals surface area contributed by atoms with Crippen molar-refractivity contribution in [1.29, 1.82) is 0 Å². The summed E-state index contributed by atoms with van der Waals surface area (Å²) in [5.74, 6) is -0.0582. The molecule has 0 saturated carbocycles. The van der Waals surface area contributed by atoms with Gasteiger partial charge in [-0.1, -0.05) is 0 Å². The second-order valence-corrected chi connectivity index (χ2v) is 4.57. The first-order chi connectivity index (χ1) is 8.69. The van der Waals surface area contributed by atoms with Gasteiger partial charge in [-0.2, -0.15) is 0 Å². The van der Waals surface area contributed by atoms with Gasteiger partial charge in [-0.25, -0.2) is 9.97 Å². The topological polar surface area (TPSA) is 64.6 Å². The maximum atomic E-state index is 12.3.